The summed E-state index contributed by atoms with van der Waals surface area (Å²) in [5.74, 6) is 2.83. The van der Waals surface area contributed by atoms with Crippen LogP contribution in [0, 0.1) is 11.8 Å². The lowest BCUT2D eigenvalue weighted by atomic mass is 10.1. The van der Waals surface area contributed by atoms with Crippen LogP contribution >= 0.6 is 0 Å². The van der Waals surface area contributed by atoms with Gasteiger partial charge >= 0.3 is 0 Å². The van der Waals surface area contributed by atoms with Crippen molar-refractivity contribution < 1.29 is 14.3 Å². The van der Waals surface area contributed by atoms with Crippen molar-refractivity contribution in [2.45, 2.75) is 38.6 Å². The molecule has 1 amide bonds. The predicted octanol–water partition coefficient (Wildman–Crippen LogP) is 3.41. The van der Waals surface area contributed by atoms with Gasteiger partial charge in [-0.25, -0.2) is 0 Å². The summed E-state index contributed by atoms with van der Waals surface area (Å²) in [4.78, 5) is 12.2. The van der Waals surface area contributed by atoms with Gasteiger partial charge in [0, 0.05) is 12.1 Å². The first-order valence-corrected chi connectivity index (χ1v) is 8.50. The molecule has 0 atom stereocenters. The number of ether oxygens (including phenoxy) is 2. The largest absolute Gasteiger partial charge is 0.493 e. The van der Waals surface area contributed by atoms with Crippen molar-refractivity contribution in [2.75, 3.05) is 13.7 Å². The van der Waals surface area contributed by atoms with Crippen molar-refractivity contribution >= 4 is 12.0 Å². The monoisotopic (exact) mass is 315 g/mol. The quantitative estimate of drug-likeness (QED) is 0.748. The van der Waals surface area contributed by atoms with Crippen molar-refractivity contribution in [3.05, 3.63) is 29.8 Å². The van der Waals surface area contributed by atoms with Crippen LogP contribution in [0.5, 0.6) is 11.5 Å². The Morgan fingerprint density at radius 2 is 1.96 bits per heavy atom. The van der Waals surface area contributed by atoms with Crippen molar-refractivity contribution in [3.63, 3.8) is 0 Å². The Bertz CT molecular complexity index is 576. The molecule has 0 aliphatic heterocycles. The Kier molecular flexibility index (Phi) is 4.89. The minimum absolute atomic E-state index is 0.00239. The molecule has 0 spiro atoms. The minimum atomic E-state index is 0.00239. The number of carbonyl (C=O) groups excluding carboxylic acids is 1. The fourth-order valence-corrected chi connectivity index (χ4v) is 2.98. The first kappa shape index (κ1) is 15.9. The topological polar surface area (TPSA) is 47.6 Å². The van der Waals surface area contributed by atoms with E-state index in [4.69, 9.17) is 9.47 Å². The van der Waals surface area contributed by atoms with Crippen LogP contribution in [0.2, 0.25) is 0 Å². The van der Waals surface area contributed by atoms with Gasteiger partial charge in [-0.3, -0.25) is 4.79 Å². The first-order valence-electron chi connectivity index (χ1n) is 8.50. The number of rotatable bonds is 8. The van der Waals surface area contributed by atoms with Crippen LogP contribution in [0.4, 0.5) is 0 Å². The number of hydrogen-bond acceptors (Lipinski definition) is 3. The molecule has 0 unspecified atom stereocenters. The Hall–Kier alpha value is -1.97. The van der Waals surface area contributed by atoms with Gasteiger partial charge in [0.1, 0.15) is 0 Å². The molecule has 0 radical (unpaired) electrons. The molecule has 3 rings (SSSR count). The summed E-state index contributed by atoms with van der Waals surface area (Å²) in [6.07, 6.45) is 8.51. The van der Waals surface area contributed by atoms with Gasteiger partial charge in [-0.1, -0.05) is 6.07 Å². The van der Waals surface area contributed by atoms with E-state index < -0.39 is 0 Å². The Morgan fingerprint density at radius 3 is 2.52 bits per heavy atom. The van der Waals surface area contributed by atoms with E-state index in [1.165, 1.54) is 25.7 Å². The van der Waals surface area contributed by atoms with E-state index in [-0.39, 0.29) is 5.91 Å². The molecule has 2 aliphatic carbocycles. The van der Waals surface area contributed by atoms with Gasteiger partial charge in [0.05, 0.1) is 13.7 Å². The van der Waals surface area contributed by atoms with E-state index in [2.05, 4.69) is 5.32 Å². The van der Waals surface area contributed by atoms with Gasteiger partial charge in [-0.2, -0.15) is 0 Å². The molecule has 0 aromatic heterocycles. The summed E-state index contributed by atoms with van der Waals surface area (Å²) in [5.41, 5.74) is 0.929. The average molecular weight is 315 g/mol. The number of carbonyl (C=O) groups is 1. The molecule has 2 saturated carbocycles. The summed E-state index contributed by atoms with van der Waals surface area (Å²) < 4.78 is 10.8. The normalized spacial score (nSPS) is 17.5. The van der Waals surface area contributed by atoms with E-state index in [1.54, 1.807) is 13.2 Å². The highest BCUT2D eigenvalue weighted by Crippen LogP contribution is 2.44. The number of nitrogens with one attached hydrogen (secondary N) is 1. The maximum atomic E-state index is 12.2. The number of methoxy groups -OCH3 is 1. The summed E-state index contributed by atoms with van der Waals surface area (Å²) >= 11 is 0. The van der Waals surface area contributed by atoms with Crippen molar-refractivity contribution in [1.82, 2.24) is 5.32 Å². The van der Waals surface area contributed by atoms with Crippen LogP contribution in [-0.4, -0.2) is 25.7 Å². The summed E-state index contributed by atoms with van der Waals surface area (Å²) in [6.45, 7) is 2.51. The minimum Gasteiger partial charge on any atom is -0.493 e. The average Bonchev–Trinajstić information content (AvgIpc) is 3.44. The molecule has 4 nitrogen and oxygen atoms in total. The number of amides is 1. The van der Waals surface area contributed by atoms with Gasteiger partial charge in [-0.05, 0) is 68.2 Å². The van der Waals surface area contributed by atoms with Crippen LogP contribution in [-0.2, 0) is 4.79 Å². The van der Waals surface area contributed by atoms with Crippen LogP contribution in [0.3, 0.4) is 0 Å². The molecule has 0 saturated heterocycles. The van der Waals surface area contributed by atoms with E-state index in [0.29, 0.717) is 36.0 Å². The number of hydrogen-bond donors (Lipinski definition) is 1. The molecular weight excluding hydrogens is 290 g/mol. The highest BCUT2D eigenvalue weighted by molar-refractivity contribution is 5.92. The zero-order valence-corrected chi connectivity index (χ0v) is 13.9. The Balaban J connectivity index is 1.62. The standard InChI is InChI=1S/C19H25NO3/c1-3-23-17-12-13(4-10-16(17)22-2)5-11-18(21)20-19(14-6-7-14)15-8-9-15/h4-5,10-12,14-15,19H,3,6-9H2,1-2H3,(H,20,21)/b11-5+. The lowest BCUT2D eigenvalue weighted by Crippen LogP contribution is -2.37. The molecule has 2 aliphatic rings. The Morgan fingerprint density at radius 1 is 1.26 bits per heavy atom. The fraction of sp³-hybridized carbons (Fsp3) is 0.526. The van der Waals surface area contributed by atoms with E-state index >= 15 is 0 Å². The molecule has 4 heteroatoms. The third-order valence-electron chi connectivity index (χ3n) is 4.48. The van der Waals surface area contributed by atoms with Crippen molar-refractivity contribution in [3.8, 4) is 11.5 Å². The molecule has 0 heterocycles. The van der Waals surface area contributed by atoms with Crippen LogP contribution in [0.15, 0.2) is 24.3 Å². The molecule has 1 aromatic rings. The van der Waals surface area contributed by atoms with E-state index in [1.807, 2.05) is 31.2 Å². The Labute approximate surface area is 137 Å². The molecule has 0 bridgehead atoms. The maximum Gasteiger partial charge on any atom is 0.244 e. The van der Waals surface area contributed by atoms with Gasteiger partial charge in [0.2, 0.25) is 5.91 Å². The second-order valence-corrected chi connectivity index (χ2v) is 6.39. The third-order valence-corrected chi connectivity index (χ3v) is 4.48. The van der Waals surface area contributed by atoms with Gasteiger partial charge < -0.3 is 14.8 Å². The second kappa shape index (κ2) is 7.07. The highest BCUT2D eigenvalue weighted by Gasteiger charge is 2.41. The van der Waals surface area contributed by atoms with Gasteiger partial charge in [0.15, 0.2) is 11.5 Å². The molecule has 1 aromatic carbocycles. The SMILES string of the molecule is CCOc1cc(/C=C/C(=O)NC(C2CC2)C2CC2)ccc1OC. The predicted molar refractivity (Wildman–Crippen MR) is 90.6 cm³/mol. The fourth-order valence-electron chi connectivity index (χ4n) is 2.98. The van der Waals surface area contributed by atoms with Crippen molar-refractivity contribution in [1.29, 1.82) is 0 Å². The molecule has 2 fully saturated rings. The lowest BCUT2D eigenvalue weighted by Gasteiger charge is -2.16. The van der Waals surface area contributed by atoms with Crippen LogP contribution in [0.25, 0.3) is 6.08 Å². The summed E-state index contributed by atoms with van der Waals surface area (Å²) in [7, 11) is 1.62. The maximum absolute atomic E-state index is 12.2. The van der Waals surface area contributed by atoms with Crippen LogP contribution < -0.4 is 14.8 Å². The molecular formula is C19H25NO3. The smallest absolute Gasteiger partial charge is 0.244 e. The zero-order valence-electron chi connectivity index (χ0n) is 13.9. The van der Waals surface area contributed by atoms with Gasteiger partial charge in [0.25, 0.3) is 0 Å². The van der Waals surface area contributed by atoms with Gasteiger partial charge in [-0.15, -0.1) is 0 Å². The first-order chi connectivity index (χ1) is 11.2. The summed E-state index contributed by atoms with van der Waals surface area (Å²) in [5, 5.41) is 3.19. The van der Waals surface area contributed by atoms with E-state index in [0.717, 1.165) is 5.56 Å². The van der Waals surface area contributed by atoms with Crippen molar-refractivity contribution in [2.24, 2.45) is 11.8 Å². The lowest BCUT2D eigenvalue weighted by molar-refractivity contribution is -0.117. The third kappa shape index (κ3) is 4.27. The molecule has 124 valence electrons. The van der Waals surface area contributed by atoms with Crippen LogP contribution in [0.1, 0.15) is 38.2 Å². The molecule has 23 heavy (non-hydrogen) atoms. The molecule has 1 N–H and O–H groups in total. The highest BCUT2D eigenvalue weighted by atomic mass is 16.5. The number of benzene rings is 1. The zero-order chi connectivity index (χ0) is 16.2. The second-order valence-electron chi connectivity index (χ2n) is 6.39. The van der Waals surface area contributed by atoms with E-state index in [9.17, 15) is 4.79 Å². The summed E-state index contributed by atoms with van der Waals surface area (Å²) in [6, 6.07) is 6.07.